The number of aromatic nitrogens is 2. The number of nitrogens with one attached hydrogen (secondary N) is 2. The van der Waals surface area contributed by atoms with Crippen LogP contribution in [0.2, 0.25) is 0 Å². The van der Waals surface area contributed by atoms with E-state index in [0.717, 1.165) is 17.2 Å². The lowest BCUT2D eigenvalue weighted by atomic mass is 9.82. The molecule has 2 atom stereocenters. The number of hydrogen-bond donors (Lipinski definition) is 2. The zero-order valence-electron chi connectivity index (χ0n) is 18.4. The standard InChI is InChI=1S/C24H20N6O3S2/c25-10-15-6-7-18(26-11-15)21(32)27-19-13-34-22(28-19)24-14-33-9-8-17(24)12-35-23(30-24)29-20(31)16-4-2-1-3-5-16/h1-7,11,13,17H,8-9,12,14H2,(H,27,32)(H,29,30,31). The molecule has 4 heterocycles. The number of ether oxygens (including phenoxy) is 1. The number of anilines is 1. The van der Waals surface area contributed by atoms with Crippen LogP contribution in [0.4, 0.5) is 5.82 Å². The Balaban J connectivity index is 1.38. The van der Waals surface area contributed by atoms with Crippen molar-refractivity contribution in [1.29, 1.82) is 5.26 Å². The van der Waals surface area contributed by atoms with Gasteiger partial charge in [0.1, 0.15) is 28.1 Å². The van der Waals surface area contributed by atoms with Gasteiger partial charge >= 0.3 is 0 Å². The largest absolute Gasteiger partial charge is 0.378 e. The van der Waals surface area contributed by atoms with Gasteiger partial charge in [0.2, 0.25) is 0 Å². The predicted octanol–water partition coefficient (Wildman–Crippen LogP) is 3.43. The summed E-state index contributed by atoms with van der Waals surface area (Å²) in [6, 6.07) is 14.0. The lowest BCUT2D eigenvalue weighted by Gasteiger charge is -2.42. The van der Waals surface area contributed by atoms with Gasteiger partial charge < -0.3 is 15.4 Å². The fraction of sp³-hybridized carbons (Fsp3) is 0.250. The first-order valence-electron chi connectivity index (χ1n) is 10.9. The van der Waals surface area contributed by atoms with Crippen LogP contribution in [0, 0.1) is 17.2 Å². The van der Waals surface area contributed by atoms with Crippen LogP contribution < -0.4 is 10.6 Å². The molecular weight excluding hydrogens is 484 g/mol. The number of benzene rings is 1. The minimum Gasteiger partial charge on any atom is -0.378 e. The molecule has 2 aliphatic heterocycles. The molecule has 0 spiro atoms. The molecule has 1 fully saturated rings. The molecule has 2 unspecified atom stereocenters. The maximum absolute atomic E-state index is 12.7. The monoisotopic (exact) mass is 504 g/mol. The smallest absolute Gasteiger partial charge is 0.275 e. The van der Waals surface area contributed by atoms with E-state index in [1.54, 1.807) is 17.5 Å². The molecule has 2 aromatic heterocycles. The van der Waals surface area contributed by atoms with Crippen LogP contribution in [-0.2, 0) is 10.3 Å². The van der Waals surface area contributed by atoms with Gasteiger partial charge in [-0.05, 0) is 30.7 Å². The van der Waals surface area contributed by atoms with Gasteiger partial charge in [0.05, 0.1) is 12.2 Å². The Hall–Kier alpha value is -3.59. The number of thiazole rings is 1. The molecular formula is C24H20N6O3S2. The zero-order chi connectivity index (χ0) is 24.3. The van der Waals surface area contributed by atoms with Gasteiger partial charge in [0, 0.05) is 35.4 Å². The van der Waals surface area contributed by atoms with Crippen molar-refractivity contribution in [3.05, 3.63) is 75.9 Å². The number of fused-ring (bicyclic) bond motifs is 1. The maximum atomic E-state index is 12.7. The second-order valence-corrected chi connectivity index (χ2v) is 9.91. The van der Waals surface area contributed by atoms with Crippen LogP contribution in [0.3, 0.4) is 0 Å². The van der Waals surface area contributed by atoms with Crippen LogP contribution in [-0.4, -0.2) is 45.9 Å². The van der Waals surface area contributed by atoms with Crippen LogP contribution >= 0.6 is 23.1 Å². The Morgan fingerprint density at radius 3 is 2.77 bits per heavy atom. The van der Waals surface area contributed by atoms with Crippen molar-refractivity contribution in [2.45, 2.75) is 12.0 Å². The third-order valence-electron chi connectivity index (χ3n) is 5.83. The molecule has 35 heavy (non-hydrogen) atoms. The van der Waals surface area contributed by atoms with Gasteiger partial charge in [0.15, 0.2) is 5.17 Å². The van der Waals surface area contributed by atoms with Crippen molar-refractivity contribution in [2.75, 3.05) is 24.3 Å². The fourth-order valence-electron chi connectivity index (χ4n) is 3.96. The third-order valence-corrected chi connectivity index (χ3v) is 7.87. The lowest BCUT2D eigenvalue weighted by Crippen LogP contribution is -2.48. The van der Waals surface area contributed by atoms with E-state index in [1.807, 2.05) is 24.3 Å². The molecule has 2 N–H and O–H groups in total. The second-order valence-electron chi connectivity index (χ2n) is 8.05. The molecule has 11 heteroatoms. The maximum Gasteiger partial charge on any atom is 0.275 e. The summed E-state index contributed by atoms with van der Waals surface area (Å²) in [7, 11) is 0. The van der Waals surface area contributed by atoms with E-state index in [2.05, 4.69) is 20.6 Å². The summed E-state index contributed by atoms with van der Waals surface area (Å²) in [4.78, 5) is 38.9. The van der Waals surface area contributed by atoms with Gasteiger partial charge in [-0.25, -0.2) is 15.0 Å². The molecule has 0 aliphatic carbocycles. The van der Waals surface area contributed by atoms with Gasteiger partial charge in [0.25, 0.3) is 11.8 Å². The Bertz CT molecular complexity index is 1320. The number of amides is 2. The summed E-state index contributed by atoms with van der Waals surface area (Å²) in [5.41, 5.74) is 0.391. The summed E-state index contributed by atoms with van der Waals surface area (Å²) in [5.74, 6) is 0.716. The molecule has 0 radical (unpaired) electrons. The van der Waals surface area contributed by atoms with E-state index < -0.39 is 11.4 Å². The van der Waals surface area contributed by atoms with Crippen LogP contribution in [0.25, 0.3) is 0 Å². The van der Waals surface area contributed by atoms with E-state index in [4.69, 9.17) is 15.0 Å². The SMILES string of the molecule is N#Cc1ccc(C(=O)Nc2csc(C34COCCC3CSC(NC(=O)c3ccccc3)=N4)n2)nc1. The average molecular weight is 505 g/mol. The number of hydrogen-bond acceptors (Lipinski definition) is 9. The quantitative estimate of drug-likeness (QED) is 0.557. The Kier molecular flexibility index (Phi) is 6.59. The highest BCUT2D eigenvalue weighted by atomic mass is 32.2. The van der Waals surface area contributed by atoms with Gasteiger partial charge in [-0.3, -0.25) is 9.59 Å². The number of amidine groups is 1. The van der Waals surface area contributed by atoms with E-state index in [1.165, 1.54) is 41.4 Å². The Morgan fingerprint density at radius 1 is 1.14 bits per heavy atom. The highest BCUT2D eigenvalue weighted by molar-refractivity contribution is 8.13. The molecule has 176 valence electrons. The molecule has 0 saturated carbocycles. The Labute approximate surface area is 209 Å². The van der Waals surface area contributed by atoms with Crippen LogP contribution in [0.15, 0.2) is 59.0 Å². The average Bonchev–Trinajstić information content (AvgIpc) is 3.38. The molecule has 2 aliphatic rings. The molecule has 1 saturated heterocycles. The first-order valence-corrected chi connectivity index (χ1v) is 12.7. The lowest BCUT2D eigenvalue weighted by molar-refractivity contribution is 0.00436. The molecule has 0 bridgehead atoms. The van der Waals surface area contributed by atoms with Crippen molar-refractivity contribution < 1.29 is 14.3 Å². The number of pyridine rings is 1. The summed E-state index contributed by atoms with van der Waals surface area (Å²) in [5, 5.41) is 17.6. The molecule has 1 aromatic carbocycles. The Morgan fingerprint density at radius 2 is 2.00 bits per heavy atom. The predicted molar refractivity (Wildman–Crippen MR) is 133 cm³/mol. The topological polar surface area (TPSA) is 129 Å². The highest BCUT2D eigenvalue weighted by Crippen LogP contribution is 2.46. The molecule has 3 aromatic rings. The van der Waals surface area contributed by atoms with Crippen molar-refractivity contribution in [3.8, 4) is 6.07 Å². The van der Waals surface area contributed by atoms with Crippen LogP contribution in [0.5, 0.6) is 0 Å². The number of carbonyl (C=O) groups excluding carboxylic acids is 2. The second kappa shape index (κ2) is 9.95. The number of nitriles is 1. The number of thioether (sulfide) groups is 1. The van der Waals surface area contributed by atoms with E-state index in [0.29, 0.717) is 35.3 Å². The summed E-state index contributed by atoms with van der Waals surface area (Å²) < 4.78 is 5.83. The summed E-state index contributed by atoms with van der Waals surface area (Å²) >= 11 is 2.92. The van der Waals surface area contributed by atoms with Crippen molar-refractivity contribution in [3.63, 3.8) is 0 Å². The minimum absolute atomic E-state index is 0.188. The summed E-state index contributed by atoms with van der Waals surface area (Å²) in [6.45, 7) is 0.995. The molecule has 9 nitrogen and oxygen atoms in total. The highest BCUT2D eigenvalue weighted by Gasteiger charge is 2.48. The van der Waals surface area contributed by atoms with Crippen molar-refractivity contribution >= 4 is 45.9 Å². The first-order chi connectivity index (χ1) is 17.1. The van der Waals surface area contributed by atoms with Crippen LogP contribution in [0.1, 0.15) is 37.8 Å². The number of carbonyl (C=O) groups is 2. The molecule has 5 rings (SSSR count). The first kappa shape index (κ1) is 23.2. The van der Waals surface area contributed by atoms with Gasteiger partial charge in [-0.1, -0.05) is 30.0 Å². The van der Waals surface area contributed by atoms with E-state index >= 15 is 0 Å². The fourth-order valence-corrected chi connectivity index (χ4v) is 6.11. The van der Waals surface area contributed by atoms with Crippen molar-refractivity contribution in [1.82, 2.24) is 15.3 Å². The van der Waals surface area contributed by atoms with E-state index in [9.17, 15) is 9.59 Å². The number of rotatable bonds is 4. The number of aliphatic imine (C=N–C) groups is 1. The number of nitrogens with zero attached hydrogens (tertiary/aromatic N) is 4. The summed E-state index contributed by atoms with van der Waals surface area (Å²) in [6.07, 6.45) is 2.18. The van der Waals surface area contributed by atoms with Gasteiger partial charge in [-0.15, -0.1) is 11.3 Å². The zero-order valence-corrected chi connectivity index (χ0v) is 20.1. The van der Waals surface area contributed by atoms with Gasteiger partial charge in [-0.2, -0.15) is 5.26 Å². The minimum atomic E-state index is -0.733. The van der Waals surface area contributed by atoms with Crippen molar-refractivity contribution in [2.24, 2.45) is 10.9 Å². The third kappa shape index (κ3) is 4.81. The van der Waals surface area contributed by atoms with E-state index in [-0.39, 0.29) is 17.5 Å². The normalized spacial score (nSPS) is 21.2. The molecule has 2 amide bonds.